The third-order valence-corrected chi connectivity index (χ3v) is 9.41. The lowest BCUT2D eigenvalue weighted by atomic mass is 9.63. The third-order valence-electron chi connectivity index (χ3n) is 8.23. The van der Waals surface area contributed by atoms with E-state index in [9.17, 15) is 9.59 Å². The van der Waals surface area contributed by atoms with Gasteiger partial charge in [0, 0.05) is 0 Å². The highest BCUT2D eigenvalue weighted by Gasteiger charge is 2.67. The number of carbonyl (C=O) groups excluding carboxylic acids is 2. The lowest BCUT2D eigenvalue weighted by molar-refractivity contribution is -0.140. The first kappa shape index (κ1) is 22.4. The van der Waals surface area contributed by atoms with Gasteiger partial charge in [0.25, 0.3) is 11.8 Å². The van der Waals surface area contributed by atoms with Gasteiger partial charge in [-0.1, -0.05) is 54.6 Å². The molecule has 180 valence electrons. The van der Waals surface area contributed by atoms with E-state index < -0.39 is 0 Å². The lowest BCUT2D eigenvalue weighted by Crippen LogP contribution is -2.40. The minimum absolute atomic E-state index is 0.154. The van der Waals surface area contributed by atoms with E-state index in [-0.39, 0.29) is 35.5 Å². The summed E-state index contributed by atoms with van der Waals surface area (Å²) in [4.78, 5) is 26.3. The van der Waals surface area contributed by atoms with Crippen molar-refractivity contribution in [3.63, 3.8) is 0 Å². The molecule has 7 heteroatoms. The molecule has 1 aliphatic heterocycles. The van der Waals surface area contributed by atoms with Gasteiger partial charge < -0.3 is 4.74 Å². The average Bonchev–Trinajstić information content (AvgIpc) is 3.66. The summed E-state index contributed by atoms with van der Waals surface area (Å²) in [5, 5.41) is 7.81. The molecule has 2 bridgehead atoms. The minimum atomic E-state index is -0.239. The Morgan fingerprint density at radius 1 is 0.917 bits per heavy atom. The third kappa shape index (κ3) is 3.43. The number of allylic oxidation sites excluding steroid dienone is 2. The van der Waals surface area contributed by atoms with Gasteiger partial charge in [-0.05, 0) is 96.0 Å². The molecule has 3 aromatic rings. The van der Waals surface area contributed by atoms with E-state index in [0.29, 0.717) is 24.2 Å². The highest BCUT2D eigenvalue weighted by atomic mass is 79.9. The van der Waals surface area contributed by atoms with Crippen molar-refractivity contribution in [2.75, 3.05) is 0 Å². The zero-order valence-corrected chi connectivity index (χ0v) is 22.4. The average molecular weight is 606 g/mol. The second-order valence-corrected chi connectivity index (χ2v) is 11.8. The Hall–Kier alpha value is -2.77. The fourth-order valence-corrected chi connectivity index (χ4v) is 7.99. The number of hydrogen-bond donors (Lipinski definition) is 0. The van der Waals surface area contributed by atoms with E-state index in [1.807, 2.05) is 30.3 Å². The van der Waals surface area contributed by atoms with Crippen LogP contribution in [0.5, 0.6) is 5.75 Å². The van der Waals surface area contributed by atoms with E-state index in [0.717, 1.165) is 36.9 Å². The van der Waals surface area contributed by atoms with Crippen LogP contribution in [0.4, 0.5) is 0 Å². The monoisotopic (exact) mass is 604 g/mol. The molecule has 2 amide bonds. The van der Waals surface area contributed by atoms with Gasteiger partial charge in [0.1, 0.15) is 12.4 Å². The summed E-state index contributed by atoms with van der Waals surface area (Å²) in [6, 6.07) is 18.2. The van der Waals surface area contributed by atoms with Gasteiger partial charge in [-0.15, -0.1) is 0 Å². The Morgan fingerprint density at radius 3 is 2.25 bits per heavy atom. The number of benzene rings is 3. The predicted molar refractivity (Wildman–Crippen MR) is 144 cm³/mol. The molecule has 5 nitrogen and oxygen atoms in total. The Labute approximate surface area is 225 Å². The topological polar surface area (TPSA) is 59.0 Å². The number of hydrazone groups is 1. The Bertz CT molecular complexity index is 1430. The number of amides is 2. The molecule has 3 aromatic carbocycles. The van der Waals surface area contributed by atoms with Crippen LogP contribution in [0.1, 0.15) is 17.5 Å². The molecule has 3 fully saturated rings. The van der Waals surface area contributed by atoms with Crippen LogP contribution in [0.2, 0.25) is 0 Å². The first-order valence-corrected chi connectivity index (χ1v) is 13.8. The number of nitrogens with zero attached hydrogens (tertiary/aromatic N) is 2. The molecule has 0 aromatic heterocycles. The van der Waals surface area contributed by atoms with Crippen molar-refractivity contribution >= 4 is 60.7 Å². The van der Waals surface area contributed by atoms with Crippen LogP contribution in [0.15, 0.2) is 80.8 Å². The van der Waals surface area contributed by atoms with Crippen molar-refractivity contribution in [2.45, 2.75) is 13.0 Å². The predicted octanol–water partition coefficient (Wildman–Crippen LogP) is 6.33. The normalized spacial score (nSPS) is 29.8. The highest BCUT2D eigenvalue weighted by Crippen LogP contribution is 2.65. The Kier molecular flexibility index (Phi) is 5.22. The van der Waals surface area contributed by atoms with Crippen molar-refractivity contribution in [1.29, 1.82) is 0 Å². The fraction of sp³-hybridized carbons (Fsp3) is 0.276. The zero-order chi connectivity index (χ0) is 24.6. The van der Waals surface area contributed by atoms with Crippen LogP contribution in [-0.4, -0.2) is 23.0 Å². The number of fused-ring (bicyclic) bond motifs is 1. The number of hydrogen-bond acceptors (Lipinski definition) is 4. The fourth-order valence-electron chi connectivity index (χ4n) is 6.54. The molecule has 5 aliphatic rings. The standard InChI is InChI=1S/C29H22Br2N2O3/c30-23-10-15(11-24(31)27(23)36-14-17-6-3-5-16-4-1-2-7-18(16)17)13-32-33-28(34)25-19-8-9-20(22-12-21(19)22)26(25)29(33)35/h1-11,13,19-22,25-26H,12,14H2/b32-13-/t19-,20-,21-,22+,25-,26+/m0/s1. The molecule has 6 atom stereocenters. The molecule has 1 saturated heterocycles. The summed E-state index contributed by atoms with van der Waals surface area (Å²) in [5.74, 6) is 1.45. The maximum atomic E-state index is 13.1. The summed E-state index contributed by atoms with van der Waals surface area (Å²) in [6.07, 6.45) is 7.07. The molecule has 4 aliphatic carbocycles. The Morgan fingerprint density at radius 2 is 1.56 bits per heavy atom. The SMILES string of the molecule is O=C1[C@@H]2[C@H]3C=C[C@@H]([C@@H]4C[C@H]34)[C@@H]2C(=O)N1/N=C\c1cc(Br)c(OCc2cccc3ccccc23)c(Br)c1. The summed E-state index contributed by atoms with van der Waals surface area (Å²) < 4.78 is 7.69. The molecule has 8 rings (SSSR count). The van der Waals surface area contributed by atoms with Crippen LogP contribution in [-0.2, 0) is 16.2 Å². The van der Waals surface area contributed by atoms with E-state index in [1.165, 1.54) is 5.39 Å². The molecule has 2 saturated carbocycles. The molecule has 0 unspecified atom stereocenters. The minimum Gasteiger partial charge on any atom is -0.487 e. The molecular weight excluding hydrogens is 584 g/mol. The summed E-state index contributed by atoms with van der Waals surface area (Å²) in [5.41, 5.74) is 1.86. The summed E-state index contributed by atoms with van der Waals surface area (Å²) in [7, 11) is 0. The zero-order valence-electron chi connectivity index (χ0n) is 19.2. The molecule has 1 heterocycles. The maximum Gasteiger partial charge on any atom is 0.254 e. The van der Waals surface area contributed by atoms with E-state index in [2.05, 4.69) is 73.4 Å². The number of imide groups is 1. The van der Waals surface area contributed by atoms with Crippen molar-refractivity contribution in [1.82, 2.24) is 5.01 Å². The molecule has 36 heavy (non-hydrogen) atoms. The van der Waals surface area contributed by atoms with E-state index in [4.69, 9.17) is 4.74 Å². The van der Waals surface area contributed by atoms with Crippen LogP contribution in [0, 0.1) is 35.5 Å². The van der Waals surface area contributed by atoms with Gasteiger partial charge >= 0.3 is 0 Å². The molecule has 0 radical (unpaired) electrons. The lowest BCUT2D eigenvalue weighted by Gasteiger charge is -2.37. The van der Waals surface area contributed by atoms with Crippen molar-refractivity contribution in [2.24, 2.45) is 40.6 Å². The van der Waals surface area contributed by atoms with Gasteiger partial charge in [0.15, 0.2) is 0 Å². The maximum absolute atomic E-state index is 13.1. The van der Waals surface area contributed by atoms with Gasteiger partial charge in [-0.25, -0.2) is 0 Å². The number of halogens is 2. The van der Waals surface area contributed by atoms with Crippen molar-refractivity contribution in [3.8, 4) is 5.75 Å². The van der Waals surface area contributed by atoms with E-state index >= 15 is 0 Å². The van der Waals surface area contributed by atoms with Gasteiger partial charge in [-0.3, -0.25) is 9.59 Å². The van der Waals surface area contributed by atoms with Crippen LogP contribution < -0.4 is 4.74 Å². The number of rotatable bonds is 5. The molecular formula is C29H22Br2N2O3. The van der Waals surface area contributed by atoms with Gasteiger partial charge in [-0.2, -0.15) is 10.1 Å². The molecule has 0 spiro atoms. The summed E-state index contributed by atoms with van der Waals surface area (Å²) in [6.45, 7) is 0.421. The van der Waals surface area contributed by atoms with E-state index in [1.54, 1.807) is 6.21 Å². The quantitative estimate of drug-likeness (QED) is 0.194. The van der Waals surface area contributed by atoms with Crippen LogP contribution in [0.25, 0.3) is 10.8 Å². The largest absolute Gasteiger partial charge is 0.487 e. The first-order chi connectivity index (χ1) is 17.5. The second-order valence-electron chi connectivity index (χ2n) is 10.1. The second kappa shape index (κ2) is 8.38. The first-order valence-electron chi connectivity index (χ1n) is 12.2. The van der Waals surface area contributed by atoms with Crippen molar-refractivity contribution in [3.05, 3.63) is 86.8 Å². The smallest absolute Gasteiger partial charge is 0.254 e. The number of ether oxygens (including phenoxy) is 1. The molecule has 0 N–H and O–H groups in total. The summed E-state index contributed by atoms with van der Waals surface area (Å²) >= 11 is 7.22. The van der Waals surface area contributed by atoms with Crippen molar-refractivity contribution < 1.29 is 14.3 Å². The number of carbonyl (C=O) groups is 2. The van der Waals surface area contributed by atoms with Crippen LogP contribution >= 0.6 is 31.9 Å². The van der Waals surface area contributed by atoms with Gasteiger partial charge in [0.05, 0.1) is 27.0 Å². The Balaban J connectivity index is 1.09. The highest BCUT2D eigenvalue weighted by molar-refractivity contribution is 9.11. The van der Waals surface area contributed by atoms with Gasteiger partial charge in [0.2, 0.25) is 0 Å². The van der Waals surface area contributed by atoms with Crippen LogP contribution in [0.3, 0.4) is 0 Å².